The summed E-state index contributed by atoms with van der Waals surface area (Å²) in [5.41, 5.74) is 0.796. The fraction of sp³-hybridized carbons (Fsp3) is 0.444. The number of carboxylic acid groups (broad SMARTS) is 1. The summed E-state index contributed by atoms with van der Waals surface area (Å²) >= 11 is 0. The molecule has 0 unspecified atom stereocenters. The summed E-state index contributed by atoms with van der Waals surface area (Å²) < 4.78 is 27.9. The lowest BCUT2D eigenvalue weighted by molar-refractivity contribution is -0.142. The van der Waals surface area contributed by atoms with Crippen LogP contribution in [0.2, 0.25) is 0 Å². The van der Waals surface area contributed by atoms with Crippen LogP contribution in [0.15, 0.2) is 35.5 Å². The number of pyridine rings is 1. The molecule has 2 atom stereocenters. The zero-order valence-corrected chi connectivity index (χ0v) is 14.7. The van der Waals surface area contributed by atoms with E-state index in [0.29, 0.717) is 17.8 Å². The van der Waals surface area contributed by atoms with Gasteiger partial charge in [0.1, 0.15) is 0 Å². The topological polar surface area (TPSA) is 87.6 Å². The molecule has 1 aliphatic heterocycles. The van der Waals surface area contributed by atoms with Gasteiger partial charge in [-0.2, -0.15) is 4.31 Å². The second-order valence-corrected chi connectivity index (χ2v) is 8.99. The molecule has 1 aliphatic carbocycles. The highest BCUT2D eigenvalue weighted by Gasteiger charge is 2.49. The van der Waals surface area contributed by atoms with Gasteiger partial charge in [-0.1, -0.05) is 12.1 Å². The molecule has 7 heteroatoms. The first kappa shape index (κ1) is 16.5. The molecule has 0 amide bonds. The first-order chi connectivity index (χ1) is 11.9. The Morgan fingerprint density at radius 2 is 2.00 bits per heavy atom. The number of rotatable bonds is 4. The van der Waals surface area contributed by atoms with E-state index in [1.807, 2.05) is 13.0 Å². The van der Waals surface area contributed by atoms with Crippen LogP contribution in [0.5, 0.6) is 0 Å². The average molecular weight is 360 g/mol. The Balaban J connectivity index is 1.77. The van der Waals surface area contributed by atoms with E-state index in [-0.39, 0.29) is 17.4 Å². The van der Waals surface area contributed by atoms with E-state index < -0.39 is 21.9 Å². The molecule has 1 N–H and O–H groups in total. The molecule has 4 rings (SSSR count). The fourth-order valence-electron chi connectivity index (χ4n) is 3.98. The molecule has 2 fully saturated rings. The number of hydrogen-bond donors (Lipinski definition) is 1. The largest absolute Gasteiger partial charge is 0.481 e. The van der Waals surface area contributed by atoms with E-state index in [0.717, 1.165) is 23.8 Å². The van der Waals surface area contributed by atoms with Crippen LogP contribution < -0.4 is 0 Å². The van der Waals surface area contributed by atoms with Crippen LogP contribution in [0.25, 0.3) is 10.8 Å². The lowest BCUT2D eigenvalue weighted by Crippen LogP contribution is -2.30. The Hall–Kier alpha value is -1.99. The molecule has 2 aromatic rings. The van der Waals surface area contributed by atoms with E-state index in [9.17, 15) is 18.3 Å². The summed E-state index contributed by atoms with van der Waals surface area (Å²) in [7, 11) is -3.75. The maximum atomic E-state index is 13.3. The SMILES string of the molecule is Cc1cncc2cccc(S(=O)(=O)N3C[C@@H](C(=O)O)[C@H](C4CC4)C3)c12. The van der Waals surface area contributed by atoms with Gasteiger partial charge >= 0.3 is 5.97 Å². The number of carboxylic acids is 1. The van der Waals surface area contributed by atoms with Crippen molar-refractivity contribution in [1.82, 2.24) is 9.29 Å². The summed E-state index contributed by atoms with van der Waals surface area (Å²) in [6.07, 6.45) is 5.31. The summed E-state index contributed by atoms with van der Waals surface area (Å²) in [5.74, 6) is -1.24. The van der Waals surface area contributed by atoms with Crippen molar-refractivity contribution in [1.29, 1.82) is 0 Å². The van der Waals surface area contributed by atoms with Crippen LogP contribution in [-0.2, 0) is 14.8 Å². The second kappa shape index (κ2) is 5.78. The van der Waals surface area contributed by atoms with Gasteiger partial charge in [-0.3, -0.25) is 9.78 Å². The van der Waals surface area contributed by atoms with Crippen molar-refractivity contribution in [3.8, 4) is 0 Å². The summed E-state index contributed by atoms with van der Waals surface area (Å²) in [4.78, 5) is 16.0. The maximum Gasteiger partial charge on any atom is 0.308 e. The highest BCUT2D eigenvalue weighted by Crippen LogP contribution is 2.45. The van der Waals surface area contributed by atoms with Gasteiger partial charge in [-0.05, 0) is 43.2 Å². The molecule has 2 heterocycles. The molecular weight excluding hydrogens is 340 g/mol. The van der Waals surface area contributed by atoms with Gasteiger partial charge in [-0.15, -0.1) is 0 Å². The summed E-state index contributed by atoms with van der Waals surface area (Å²) in [6.45, 7) is 2.19. The standard InChI is InChI=1S/C18H20N2O4S/c1-11-7-19-8-13-3-2-4-16(17(11)13)25(23,24)20-9-14(12-5-6-12)15(10-20)18(21)22/h2-4,7-8,12,14-15H,5-6,9-10H2,1H3,(H,21,22)/t14-,15+/m0/s1. The third-order valence-electron chi connectivity index (χ3n) is 5.43. The minimum Gasteiger partial charge on any atom is -0.481 e. The summed E-state index contributed by atoms with van der Waals surface area (Å²) in [6, 6.07) is 5.15. The summed E-state index contributed by atoms with van der Waals surface area (Å²) in [5, 5.41) is 10.9. The molecule has 1 aromatic heterocycles. The van der Waals surface area contributed by atoms with E-state index in [1.54, 1.807) is 24.5 Å². The second-order valence-electron chi connectivity index (χ2n) is 7.08. The Bertz CT molecular complexity index is 947. The Morgan fingerprint density at radius 3 is 2.68 bits per heavy atom. The van der Waals surface area contributed by atoms with Crippen LogP contribution in [0.4, 0.5) is 0 Å². The van der Waals surface area contributed by atoms with Crippen LogP contribution >= 0.6 is 0 Å². The zero-order chi connectivity index (χ0) is 17.8. The molecule has 132 valence electrons. The van der Waals surface area contributed by atoms with Crippen LogP contribution in [0.1, 0.15) is 18.4 Å². The lowest BCUT2D eigenvalue weighted by atomic mass is 9.92. The number of sulfonamides is 1. The van der Waals surface area contributed by atoms with Crippen molar-refractivity contribution in [2.75, 3.05) is 13.1 Å². The quantitative estimate of drug-likeness (QED) is 0.904. The monoisotopic (exact) mass is 360 g/mol. The number of fused-ring (bicyclic) bond motifs is 1. The van der Waals surface area contributed by atoms with E-state index in [1.165, 1.54) is 4.31 Å². The molecule has 2 aliphatic rings. The number of aromatic nitrogens is 1. The molecule has 1 saturated carbocycles. The van der Waals surface area contributed by atoms with Gasteiger partial charge in [0.25, 0.3) is 0 Å². The van der Waals surface area contributed by atoms with Crippen molar-refractivity contribution >= 4 is 26.8 Å². The van der Waals surface area contributed by atoms with E-state index in [2.05, 4.69) is 4.98 Å². The first-order valence-electron chi connectivity index (χ1n) is 8.46. The highest BCUT2D eigenvalue weighted by molar-refractivity contribution is 7.89. The average Bonchev–Trinajstić information content (AvgIpc) is 3.32. The van der Waals surface area contributed by atoms with Crippen LogP contribution in [0.3, 0.4) is 0 Å². The molecule has 0 spiro atoms. The van der Waals surface area contributed by atoms with Gasteiger partial charge in [0, 0.05) is 36.3 Å². The maximum absolute atomic E-state index is 13.3. The van der Waals surface area contributed by atoms with Crippen molar-refractivity contribution in [2.45, 2.75) is 24.7 Å². The smallest absolute Gasteiger partial charge is 0.308 e. The molecular formula is C18H20N2O4S. The van der Waals surface area contributed by atoms with Gasteiger partial charge in [-0.25, -0.2) is 8.42 Å². The highest BCUT2D eigenvalue weighted by atomic mass is 32.2. The third-order valence-corrected chi connectivity index (χ3v) is 7.30. The van der Waals surface area contributed by atoms with Crippen molar-refractivity contribution < 1.29 is 18.3 Å². The van der Waals surface area contributed by atoms with E-state index >= 15 is 0 Å². The number of aliphatic carboxylic acids is 1. The first-order valence-corrected chi connectivity index (χ1v) is 9.90. The van der Waals surface area contributed by atoms with Gasteiger partial charge in [0.2, 0.25) is 10.0 Å². The van der Waals surface area contributed by atoms with Gasteiger partial charge in [0.15, 0.2) is 0 Å². The zero-order valence-electron chi connectivity index (χ0n) is 13.9. The molecule has 1 aromatic carbocycles. The van der Waals surface area contributed by atoms with Crippen molar-refractivity contribution in [2.24, 2.45) is 17.8 Å². The van der Waals surface area contributed by atoms with Crippen molar-refractivity contribution in [3.05, 3.63) is 36.2 Å². The Morgan fingerprint density at radius 1 is 1.24 bits per heavy atom. The Kier molecular flexibility index (Phi) is 3.81. The van der Waals surface area contributed by atoms with E-state index in [4.69, 9.17) is 0 Å². The number of benzene rings is 1. The number of aryl methyl sites for hydroxylation is 1. The normalized spacial score (nSPS) is 24.7. The lowest BCUT2D eigenvalue weighted by Gasteiger charge is -2.18. The minimum absolute atomic E-state index is 0.0549. The van der Waals surface area contributed by atoms with Crippen molar-refractivity contribution in [3.63, 3.8) is 0 Å². The molecule has 1 saturated heterocycles. The number of carbonyl (C=O) groups is 1. The van der Waals surface area contributed by atoms with Gasteiger partial charge in [0.05, 0.1) is 10.8 Å². The molecule has 25 heavy (non-hydrogen) atoms. The fourth-order valence-corrected chi connectivity index (χ4v) is 5.77. The number of hydrogen-bond acceptors (Lipinski definition) is 4. The van der Waals surface area contributed by atoms with Crippen LogP contribution in [0, 0.1) is 24.7 Å². The molecule has 0 bridgehead atoms. The molecule has 6 nitrogen and oxygen atoms in total. The Labute approximate surface area is 146 Å². The predicted molar refractivity (Wildman–Crippen MR) is 92.6 cm³/mol. The third kappa shape index (κ3) is 2.71. The number of nitrogens with zero attached hydrogens (tertiary/aromatic N) is 2. The minimum atomic E-state index is -3.75. The predicted octanol–water partition coefficient (Wildman–Crippen LogP) is 2.27. The van der Waals surface area contributed by atoms with Crippen LogP contribution in [-0.4, -0.2) is 41.9 Å². The molecule has 0 radical (unpaired) electrons. The van der Waals surface area contributed by atoms with Gasteiger partial charge < -0.3 is 5.11 Å².